The van der Waals surface area contributed by atoms with E-state index in [2.05, 4.69) is 30.8 Å². The van der Waals surface area contributed by atoms with E-state index in [0.29, 0.717) is 62.1 Å². The number of nitrogens with one attached hydrogen (secondary N) is 3. The molecular formula is C36H40N8O5. The van der Waals surface area contributed by atoms with Gasteiger partial charge in [-0.05, 0) is 50.1 Å². The largest absolute Gasteiger partial charge is 0.494 e. The molecule has 1 aliphatic heterocycles. The summed E-state index contributed by atoms with van der Waals surface area (Å²) < 4.78 is 18.9. The lowest BCUT2D eigenvalue weighted by molar-refractivity contribution is 0.0378. The van der Waals surface area contributed by atoms with Gasteiger partial charge in [-0.2, -0.15) is 0 Å². The van der Waals surface area contributed by atoms with Crippen LogP contribution in [0.1, 0.15) is 29.8 Å². The number of morpholine rings is 1. The van der Waals surface area contributed by atoms with E-state index in [1.165, 1.54) is 6.20 Å². The van der Waals surface area contributed by atoms with E-state index in [0.717, 1.165) is 27.7 Å². The maximum absolute atomic E-state index is 13.2. The molecule has 3 aromatic heterocycles. The van der Waals surface area contributed by atoms with Crippen molar-refractivity contribution in [1.82, 2.24) is 24.8 Å². The Morgan fingerprint density at radius 1 is 1.04 bits per heavy atom. The highest BCUT2D eigenvalue weighted by atomic mass is 16.5. The number of carbonyl (C=O) groups is 2. The number of nitrogens with zero attached hydrogens (tertiary/aromatic N) is 5. The molecule has 2 aromatic carbocycles. The number of benzene rings is 2. The van der Waals surface area contributed by atoms with Gasteiger partial charge in [0.2, 0.25) is 5.95 Å². The van der Waals surface area contributed by atoms with Crippen LogP contribution in [0.5, 0.6) is 5.75 Å². The third kappa shape index (κ3) is 7.73. The number of amides is 2. The molecule has 3 N–H and O–H groups in total. The molecule has 1 aliphatic rings. The number of pyridine rings is 1. The molecule has 0 saturated carbocycles. The van der Waals surface area contributed by atoms with E-state index >= 15 is 0 Å². The summed E-state index contributed by atoms with van der Waals surface area (Å²) in [4.78, 5) is 41.9. The first-order chi connectivity index (χ1) is 23.8. The van der Waals surface area contributed by atoms with Crippen LogP contribution in [0.25, 0.3) is 22.2 Å². The number of fused-ring (bicyclic) bond motifs is 1. The van der Waals surface area contributed by atoms with Crippen molar-refractivity contribution >= 4 is 45.9 Å². The number of esters is 1. The summed E-state index contributed by atoms with van der Waals surface area (Å²) in [5, 5.41) is 10.2. The van der Waals surface area contributed by atoms with Crippen LogP contribution < -0.4 is 25.6 Å². The second kappa shape index (κ2) is 15.0. The second-order valence-electron chi connectivity index (χ2n) is 11.9. The molecule has 13 nitrogen and oxygen atoms in total. The second-order valence-corrected chi connectivity index (χ2v) is 11.9. The zero-order chi connectivity index (χ0) is 34.3. The zero-order valence-corrected chi connectivity index (χ0v) is 28.0. The van der Waals surface area contributed by atoms with Crippen molar-refractivity contribution < 1.29 is 23.8 Å². The molecule has 1 fully saturated rings. The maximum Gasteiger partial charge on any atom is 0.342 e. The number of carbonyl (C=O) groups excluding carboxylic acids is 2. The predicted octanol–water partition coefficient (Wildman–Crippen LogP) is 5.55. The molecule has 6 rings (SSSR count). The molecule has 0 unspecified atom stereocenters. The Morgan fingerprint density at radius 2 is 1.82 bits per heavy atom. The lowest BCUT2D eigenvalue weighted by Crippen LogP contribution is -2.37. The monoisotopic (exact) mass is 664 g/mol. The van der Waals surface area contributed by atoms with Crippen LogP contribution in [-0.4, -0.2) is 77.6 Å². The minimum absolute atomic E-state index is 0.231. The van der Waals surface area contributed by atoms with Gasteiger partial charge in [-0.15, -0.1) is 0 Å². The van der Waals surface area contributed by atoms with Gasteiger partial charge in [-0.25, -0.2) is 19.6 Å². The standard InChI is InChI=1S/C36H40N8O5/c1-23(2)49-34(45)26-21-39-35(42-33(26)27-22-43(3)30-8-6-5-7-25(27)30)40-29-19-28(31(20-32(29)47-4)44-15-17-48-18-16-44)41-36(46)38-14-11-24-9-12-37-13-10-24/h5-10,12-13,19-23H,11,14-18H2,1-4H3,(H2,38,41,46)(H,39,40,42). The van der Waals surface area contributed by atoms with Gasteiger partial charge in [0.15, 0.2) is 0 Å². The van der Waals surface area contributed by atoms with Gasteiger partial charge in [0.1, 0.15) is 11.3 Å². The van der Waals surface area contributed by atoms with Crippen LogP contribution in [-0.2, 0) is 22.9 Å². The Labute approximate surface area is 284 Å². The number of hydrogen-bond acceptors (Lipinski definition) is 10. The fourth-order valence-corrected chi connectivity index (χ4v) is 5.76. The summed E-state index contributed by atoms with van der Waals surface area (Å²) in [5.41, 5.74) is 5.38. The van der Waals surface area contributed by atoms with E-state index in [-0.39, 0.29) is 23.6 Å². The molecule has 0 radical (unpaired) electrons. The lowest BCUT2D eigenvalue weighted by atomic mass is 10.1. The first-order valence-electron chi connectivity index (χ1n) is 16.2. The minimum atomic E-state index is -0.515. The Kier molecular flexibility index (Phi) is 10.2. The van der Waals surface area contributed by atoms with Gasteiger partial charge in [-0.3, -0.25) is 4.98 Å². The number of aromatic nitrogens is 4. The molecule has 13 heteroatoms. The number of para-hydroxylation sites is 1. The Balaban J connectivity index is 1.34. The van der Waals surface area contributed by atoms with Gasteiger partial charge in [0.25, 0.3) is 0 Å². The summed E-state index contributed by atoms with van der Waals surface area (Å²) in [6, 6.07) is 15.1. The molecule has 0 aliphatic carbocycles. The molecule has 5 aromatic rings. The fourth-order valence-electron chi connectivity index (χ4n) is 5.76. The molecule has 1 saturated heterocycles. The van der Waals surface area contributed by atoms with Crippen LogP contribution in [0, 0.1) is 0 Å². The summed E-state index contributed by atoms with van der Waals surface area (Å²) in [6.07, 6.45) is 7.22. The van der Waals surface area contributed by atoms with Crippen LogP contribution in [0.2, 0.25) is 0 Å². The number of hydrogen-bond donors (Lipinski definition) is 3. The van der Waals surface area contributed by atoms with Crippen LogP contribution in [0.15, 0.2) is 73.3 Å². The first kappa shape index (κ1) is 33.2. The van der Waals surface area contributed by atoms with E-state index in [9.17, 15) is 9.59 Å². The summed E-state index contributed by atoms with van der Waals surface area (Å²) >= 11 is 0. The Morgan fingerprint density at radius 3 is 2.57 bits per heavy atom. The minimum Gasteiger partial charge on any atom is -0.494 e. The maximum atomic E-state index is 13.2. The van der Waals surface area contributed by atoms with Gasteiger partial charge in [0.05, 0.1) is 49.2 Å². The van der Waals surface area contributed by atoms with Crippen molar-refractivity contribution in [2.24, 2.45) is 7.05 Å². The zero-order valence-electron chi connectivity index (χ0n) is 28.0. The number of urea groups is 1. The van der Waals surface area contributed by atoms with Gasteiger partial charge >= 0.3 is 12.0 Å². The highest BCUT2D eigenvalue weighted by Crippen LogP contribution is 2.39. The van der Waals surface area contributed by atoms with Crippen LogP contribution in [0.4, 0.5) is 27.8 Å². The average Bonchev–Trinajstić information content (AvgIpc) is 3.45. The number of methoxy groups -OCH3 is 1. The highest BCUT2D eigenvalue weighted by molar-refractivity contribution is 6.03. The van der Waals surface area contributed by atoms with Gasteiger partial charge in [-0.1, -0.05) is 18.2 Å². The van der Waals surface area contributed by atoms with Crippen molar-refractivity contribution in [2.45, 2.75) is 26.4 Å². The van der Waals surface area contributed by atoms with Crippen molar-refractivity contribution in [2.75, 3.05) is 55.5 Å². The number of rotatable bonds is 11. The number of anilines is 4. The topological polar surface area (TPSA) is 145 Å². The average molecular weight is 665 g/mol. The molecule has 2 amide bonds. The van der Waals surface area contributed by atoms with Gasteiger partial charge < -0.3 is 39.6 Å². The third-order valence-corrected chi connectivity index (χ3v) is 8.12. The molecule has 4 heterocycles. The molecular weight excluding hydrogens is 624 g/mol. The SMILES string of the molecule is COc1cc(N2CCOCC2)c(NC(=O)NCCc2ccncc2)cc1Nc1ncc(C(=O)OC(C)C)c(-c2cn(C)c3ccccc23)n1. The van der Waals surface area contributed by atoms with E-state index < -0.39 is 5.97 Å². The van der Waals surface area contributed by atoms with E-state index in [1.54, 1.807) is 39.4 Å². The number of aryl methyl sites for hydroxylation is 1. The van der Waals surface area contributed by atoms with Crippen LogP contribution in [0.3, 0.4) is 0 Å². The van der Waals surface area contributed by atoms with Crippen LogP contribution >= 0.6 is 0 Å². The number of ether oxygens (including phenoxy) is 3. The molecule has 0 spiro atoms. The van der Waals surface area contributed by atoms with Gasteiger partial charge in [0, 0.05) is 74.0 Å². The lowest BCUT2D eigenvalue weighted by Gasteiger charge is -2.31. The Hall–Kier alpha value is -5.69. The summed E-state index contributed by atoms with van der Waals surface area (Å²) in [6.45, 7) is 6.48. The van der Waals surface area contributed by atoms with E-state index in [4.69, 9.17) is 19.2 Å². The smallest absolute Gasteiger partial charge is 0.342 e. The molecule has 0 atom stereocenters. The fraction of sp³-hybridized carbons (Fsp3) is 0.306. The quantitative estimate of drug-likeness (QED) is 0.154. The van der Waals surface area contributed by atoms with Crippen molar-refractivity contribution in [3.05, 3.63) is 84.4 Å². The van der Waals surface area contributed by atoms with Crippen molar-refractivity contribution in [3.63, 3.8) is 0 Å². The van der Waals surface area contributed by atoms with E-state index in [1.807, 2.05) is 60.3 Å². The van der Waals surface area contributed by atoms with Crippen molar-refractivity contribution in [3.8, 4) is 17.0 Å². The molecule has 49 heavy (non-hydrogen) atoms. The van der Waals surface area contributed by atoms with Crippen molar-refractivity contribution in [1.29, 1.82) is 0 Å². The molecule has 0 bridgehead atoms. The normalized spacial score (nSPS) is 13.0. The highest BCUT2D eigenvalue weighted by Gasteiger charge is 2.24. The first-order valence-corrected chi connectivity index (χ1v) is 16.2. The Bertz CT molecular complexity index is 1940. The predicted molar refractivity (Wildman–Crippen MR) is 189 cm³/mol. The summed E-state index contributed by atoms with van der Waals surface area (Å²) in [7, 11) is 3.53. The molecule has 254 valence electrons. The summed E-state index contributed by atoms with van der Waals surface area (Å²) in [5.74, 6) is 0.233. The third-order valence-electron chi connectivity index (χ3n) is 8.12.